The molecule has 1 aromatic carbocycles. The predicted octanol–water partition coefficient (Wildman–Crippen LogP) is 1.55. The summed E-state index contributed by atoms with van der Waals surface area (Å²) >= 11 is 0. The Morgan fingerprint density at radius 2 is 1.55 bits per heavy atom. The summed E-state index contributed by atoms with van der Waals surface area (Å²) in [5.74, 6) is 0.757. The van der Waals surface area contributed by atoms with Crippen molar-refractivity contribution in [3.8, 4) is 17.2 Å². The molecule has 0 saturated heterocycles. The molecule has 6 nitrogen and oxygen atoms in total. The molecule has 0 fully saturated rings. The first-order chi connectivity index (χ1) is 9.53. The van der Waals surface area contributed by atoms with E-state index >= 15 is 0 Å². The van der Waals surface area contributed by atoms with Gasteiger partial charge in [0.2, 0.25) is 11.7 Å². The van der Waals surface area contributed by atoms with E-state index in [0.29, 0.717) is 29.2 Å². The Labute approximate surface area is 117 Å². The molecule has 0 atom stereocenters. The zero-order valence-corrected chi connectivity index (χ0v) is 11.9. The van der Waals surface area contributed by atoms with Gasteiger partial charge in [-0.1, -0.05) is 0 Å². The first kappa shape index (κ1) is 15.8. The molecule has 20 heavy (non-hydrogen) atoms. The standard InChI is InChI=1S/C14H19NO5/c1-18-11-7-9(8-12(19-2)14(11)20-3)10(16)5-4-6-13(15)17/h7-8H,4-6H2,1-3H3,(H2,15,17). The fraction of sp³-hybridized carbons (Fsp3) is 0.429. The second kappa shape index (κ2) is 7.37. The summed E-state index contributed by atoms with van der Waals surface area (Å²) < 4.78 is 15.5. The zero-order chi connectivity index (χ0) is 15.1. The molecule has 0 aromatic heterocycles. The normalized spacial score (nSPS) is 9.95. The summed E-state index contributed by atoms with van der Waals surface area (Å²) in [6.07, 6.45) is 0.850. The van der Waals surface area contributed by atoms with Crippen LogP contribution in [-0.4, -0.2) is 33.0 Å². The Balaban J connectivity index is 2.94. The molecule has 1 aromatic rings. The molecule has 0 bridgehead atoms. The van der Waals surface area contributed by atoms with Crippen molar-refractivity contribution in [2.45, 2.75) is 19.3 Å². The third kappa shape index (κ3) is 3.88. The molecule has 0 radical (unpaired) electrons. The van der Waals surface area contributed by atoms with Gasteiger partial charge in [-0.2, -0.15) is 0 Å². The van der Waals surface area contributed by atoms with Gasteiger partial charge in [-0.25, -0.2) is 0 Å². The first-order valence-corrected chi connectivity index (χ1v) is 6.15. The van der Waals surface area contributed by atoms with Gasteiger partial charge >= 0.3 is 0 Å². The highest BCUT2D eigenvalue weighted by Crippen LogP contribution is 2.38. The van der Waals surface area contributed by atoms with Gasteiger partial charge in [0.1, 0.15) is 0 Å². The Hall–Kier alpha value is -2.24. The number of nitrogens with two attached hydrogens (primary N) is 1. The van der Waals surface area contributed by atoms with Gasteiger partial charge in [-0.05, 0) is 18.6 Å². The molecular formula is C14H19NO5. The van der Waals surface area contributed by atoms with Crippen molar-refractivity contribution in [3.63, 3.8) is 0 Å². The first-order valence-electron chi connectivity index (χ1n) is 6.15. The molecule has 2 N–H and O–H groups in total. The lowest BCUT2D eigenvalue weighted by atomic mass is 10.0. The van der Waals surface area contributed by atoms with E-state index in [2.05, 4.69) is 0 Å². The van der Waals surface area contributed by atoms with Crippen LogP contribution in [-0.2, 0) is 4.79 Å². The molecule has 110 valence electrons. The van der Waals surface area contributed by atoms with Gasteiger partial charge < -0.3 is 19.9 Å². The van der Waals surface area contributed by atoms with Crippen molar-refractivity contribution in [3.05, 3.63) is 17.7 Å². The number of Topliss-reactive ketones (excluding diaryl/α,β-unsaturated/α-hetero) is 1. The lowest BCUT2D eigenvalue weighted by Crippen LogP contribution is -2.11. The van der Waals surface area contributed by atoms with Crippen LogP contribution >= 0.6 is 0 Å². The number of hydrogen-bond donors (Lipinski definition) is 1. The van der Waals surface area contributed by atoms with Gasteiger partial charge in [0.05, 0.1) is 21.3 Å². The van der Waals surface area contributed by atoms with E-state index in [0.717, 1.165) is 0 Å². The molecule has 0 aliphatic rings. The van der Waals surface area contributed by atoms with Crippen molar-refractivity contribution in [2.24, 2.45) is 5.73 Å². The lowest BCUT2D eigenvalue weighted by molar-refractivity contribution is -0.118. The summed E-state index contributed by atoms with van der Waals surface area (Å²) in [5, 5.41) is 0. The Morgan fingerprint density at radius 3 is 1.95 bits per heavy atom. The van der Waals surface area contributed by atoms with Crippen LogP contribution in [0.4, 0.5) is 0 Å². The number of carbonyl (C=O) groups is 2. The van der Waals surface area contributed by atoms with Gasteiger partial charge in [0.15, 0.2) is 17.3 Å². The number of rotatable bonds is 8. The third-order valence-electron chi connectivity index (χ3n) is 2.81. The van der Waals surface area contributed by atoms with Gasteiger partial charge in [0.25, 0.3) is 0 Å². The fourth-order valence-corrected chi connectivity index (χ4v) is 1.81. The third-order valence-corrected chi connectivity index (χ3v) is 2.81. The highest BCUT2D eigenvalue weighted by molar-refractivity contribution is 5.97. The molecule has 0 saturated carbocycles. The van der Waals surface area contributed by atoms with E-state index in [4.69, 9.17) is 19.9 Å². The second-order valence-electron chi connectivity index (χ2n) is 4.16. The molecule has 0 heterocycles. The van der Waals surface area contributed by atoms with E-state index in [1.807, 2.05) is 0 Å². The maximum atomic E-state index is 12.1. The zero-order valence-electron chi connectivity index (χ0n) is 11.9. The smallest absolute Gasteiger partial charge is 0.217 e. The van der Waals surface area contributed by atoms with Crippen LogP contribution in [0.2, 0.25) is 0 Å². The van der Waals surface area contributed by atoms with E-state index in [9.17, 15) is 9.59 Å². The van der Waals surface area contributed by atoms with Gasteiger partial charge in [-0.3, -0.25) is 9.59 Å². The highest BCUT2D eigenvalue weighted by atomic mass is 16.5. The summed E-state index contributed by atoms with van der Waals surface area (Å²) in [6.45, 7) is 0. The Bertz CT molecular complexity index is 473. The van der Waals surface area contributed by atoms with E-state index in [-0.39, 0.29) is 18.6 Å². The van der Waals surface area contributed by atoms with Crippen LogP contribution in [0.1, 0.15) is 29.6 Å². The number of ketones is 1. The highest BCUT2D eigenvalue weighted by Gasteiger charge is 2.16. The van der Waals surface area contributed by atoms with Gasteiger partial charge in [0, 0.05) is 18.4 Å². The molecule has 0 spiro atoms. The summed E-state index contributed by atoms with van der Waals surface area (Å²) in [5.41, 5.74) is 5.49. The number of primary amides is 1. The van der Waals surface area contributed by atoms with Crippen molar-refractivity contribution in [1.29, 1.82) is 0 Å². The molecule has 6 heteroatoms. The number of methoxy groups -OCH3 is 3. The van der Waals surface area contributed by atoms with Crippen molar-refractivity contribution >= 4 is 11.7 Å². The molecule has 0 aliphatic heterocycles. The summed E-state index contributed by atoms with van der Waals surface area (Å²) in [6, 6.07) is 3.18. The SMILES string of the molecule is COc1cc(C(=O)CCCC(N)=O)cc(OC)c1OC. The quantitative estimate of drug-likeness (QED) is 0.730. The number of amides is 1. The predicted molar refractivity (Wildman–Crippen MR) is 73.5 cm³/mol. The number of benzene rings is 1. The van der Waals surface area contributed by atoms with Crippen LogP contribution in [0, 0.1) is 0 Å². The van der Waals surface area contributed by atoms with Crippen LogP contribution in [0.5, 0.6) is 17.2 Å². The van der Waals surface area contributed by atoms with Crippen LogP contribution in [0.3, 0.4) is 0 Å². The Kier molecular flexibility index (Phi) is 5.83. The summed E-state index contributed by atoms with van der Waals surface area (Å²) in [7, 11) is 4.46. The van der Waals surface area contributed by atoms with Crippen LogP contribution in [0.25, 0.3) is 0 Å². The minimum absolute atomic E-state index is 0.106. The molecule has 1 amide bonds. The molecule has 1 rings (SSSR count). The van der Waals surface area contributed by atoms with E-state index in [1.165, 1.54) is 21.3 Å². The topological polar surface area (TPSA) is 87.9 Å². The number of hydrogen-bond acceptors (Lipinski definition) is 5. The van der Waals surface area contributed by atoms with Crippen LogP contribution < -0.4 is 19.9 Å². The lowest BCUT2D eigenvalue weighted by Gasteiger charge is -2.13. The Morgan fingerprint density at radius 1 is 1.00 bits per heavy atom. The largest absolute Gasteiger partial charge is 0.493 e. The minimum Gasteiger partial charge on any atom is -0.493 e. The minimum atomic E-state index is -0.414. The second-order valence-corrected chi connectivity index (χ2v) is 4.16. The van der Waals surface area contributed by atoms with Crippen LogP contribution in [0.15, 0.2) is 12.1 Å². The average Bonchev–Trinajstić information content (AvgIpc) is 2.44. The molecular weight excluding hydrogens is 262 g/mol. The van der Waals surface area contributed by atoms with E-state index < -0.39 is 5.91 Å². The van der Waals surface area contributed by atoms with Crippen molar-refractivity contribution in [1.82, 2.24) is 0 Å². The fourth-order valence-electron chi connectivity index (χ4n) is 1.81. The number of ether oxygens (including phenoxy) is 3. The van der Waals surface area contributed by atoms with Gasteiger partial charge in [-0.15, -0.1) is 0 Å². The van der Waals surface area contributed by atoms with Crippen molar-refractivity contribution in [2.75, 3.05) is 21.3 Å². The maximum absolute atomic E-state index is 12.1. The van der Waals surface area contributed by atoms with E-state index in [1.54, 1.807) is 12.1 Å². The number of carbonyl (C=O) groups excluding carboxylic acids is 2. The average molecular weight is 281 g/mol. The monoisotopic (exact) mass is 281 g/mol. The summed E-state index contributed by atoms with van der Waals surface area (Å²) in [4.78, 5) is 22.7. The maximum Gasteiger partial charge on any atom is 0.217 e. The molecule has 0 aliphatic carbocycles. The van der Waals surface area contributed by atoms with Crippen molar-refractivity contribution < 1.29 is 23.8 Å². The molecule has 0 unspecified atom stereocenters.